The molecular formula is C13H18N2. The average molecular weight is 202 g/mol. The Bertz CT molecular complexity index is 352. The Balaban J connectivity index is 2.87. The zero-order chi connectivity index (χ0) is 11.5. The van der Waals surface area contributed by atoms with Crippen LogP contribution in [0.5, 0.6) is 0 Å². The van der Waals surface area contributed by atoms with Crippen molar-refractivity contribution in [2.24, 2.45) is 5.73 Å². The molecule has 2 heteroatoms. The highest BCUT2D eigenvalue weighted by Gasteiger charge is 2.13. The fraction of sp³-hybridized carbons (Fsp3) is 0.462. The van der Waals surface area contributed by atoms with E-state index in [1.807, 2.05) is 12.1 Å². The van der Waals surface area contributed by atoms with Crippen LogP contribution in [0.4, 0.5) is 0 Å². The molecule has 0 spiro atoms. The molecule has 1 rings (SSSR count). The van der Waals surface area contributed by atoms with E-state index >= 15 is 0 Å². The predicted molar refractivity (Wildman–Crippen MR) is 62.3 cm³/mol. The third-order valence-corrected chi connectivity index (χ3v) is 2.52. The Morgan fingerprint density at radius 1 is 1.27 bits per heavy atom. The maximum Gasteiger partial charge on any atom is 0.0641 e. The van der Waals surface area contributed by atoms with Crippen LogP contribution in [-0.4, -0.2) is 0 Å². The summed E-state index contributed by atoms with van der Waals surface area (Å²) < 4.78 is 0. The van der Waals surface area contributed by atoms with E-state index in [2.05, 4.69) is 39.0 Å². The number of benzene rings is 1. The van der Waals surface area contributed by atoms with E-state index in [9.17, 15) is 0 Å². The van der Waals surface area contributed by atoms with E-state index < -0.39 is 0 Å². The van der Waals surface area contributed by atoms with Crippen LogP contribution in [0.1, 0.15) is 44.4 Å². The van der Waals surface area contributed by atoms with Gasteiger partial charge in [-0.25, -0.2) is 0 Å². The summed E-state index contributed by atoms with van der Waals surface area (Å²) in [5.41, 5.74) is 8.33. The minimum Gasteiger partial charge on any atom is -0.323 e. The van der Waals surface area contributed by atoms with Crippen LogP contribution >= 0.6 is 0 Å². The molecular weight excluding hydrogens is 184 g/mol. The van der Waals surface area contributed by atoms with Gasteiger partial charge in [0.25, 0.3) is 0 Å². The molecule has 0 aliphatic rings. The van der Waals surface area contributed by atoms with Crippen molar-refractivity contribution in [1.29, 1.82) is 5.26 Å². The first-order chi connectivity index (χ1) is 6.95. The maximum atomic E-state index is 8.55. The molecule has 15 heavy (non-hydrogen) atoms. The molecule has 0 bridgehead atoms. The Hall–Kier alpha value is -1.33. The maximum absolute atomic E-state index is 8.55. The van der Waals surface area contributed by atoms with Crippen molar-refractivity contribution < 1.29 is 0 Å². The van der Waals surface area contributed by atoms with Crippen LogP contribution in [-0.2, 0) is 5.41 Å². The van der Waals surface area contributed by atoms with Crippen molar-refractivity contribution in [1.82, 2.24) is 0 Å². The number of nitrogens with two attached hydrogens (primary N) is 1. The summed E-state index contributed by atoms with van der Waals surface area (Å²) in [6, 6.07) is 10.1. The van der Waals surface area contributed by atoms with Crippen molar-refractivity contribution in [3.8, 4) is 6.07 Å². The van der Waals surface area contributed by atoms with Gasteiger partial charge in [-0.1, -0.05) is 45.0 Å². The van der Waals surface area contributed by atoms with Gasteiger partial charge in [0.2, 0.25) is 0 Å². The van der Waals surface area contributed by atoms with Gasteiger partial charge in [0.1, 0.15) is 0 Å². The lowest BCUT2D eigenvalue weighted by Crippen LogP contribution is -2.13. The van der Waals surface area contributed by atoms with E-state index in [4.69, 9.17) is 11.0 Å². The molecule has 0 saturated heterocycles. The minimum absolute atomic E-state index is 0.163. The second-order valence-electron chi connectivity index (χ2n) is 4.84. The van der Waals surface area contributed by atoms with Gasteiger partial charge in [0.15, 0.2) is 0 Å². The highest BCUT2D eigenvalue weighted by molar-refractivity contribution is 5.29. The van der Waals surface area contributed by atoms with Gasteiger partial charge in [-0.3, -0.25) is 0 Å². The number of hydrogen-bond acceptors (Lipinski definition) is 2. The van der Waals surface area contributed by atoms with E-state index in [1.165, 1.54) is 5.56 Å². The molecule has 0 aliphatic carbocycles. The molecule has 0 aliphatic heterocycles. The SMILES string of the molecule is CC(C)(C)c1ccc(C(N)CC#N)cc1. The Morgan fingerprint density at radius 3 is 2.20 bits per heavy atom. The van der Waals surface area contributed by atoms with E-state index in [0.29, 0.717) is 6.42 Å². The highest BCUT2D eigenvalue weighted by Crippen LogP contribution is 2.23. The summed E-state index contributed by atoms with van der Waals surface area (Å²) in [6.07, 6.45) is 0.370. The quantitative estimate of drug-likeness (QED) is 0.801. The summed E-state index contributed by atoms with van der Waals surface area (Å²) in [5, 5.41) is 8.55. The zero-order valence-electron chi connectivity index (χ0n) is 9.62. The first kappa shape index (κ1) is 11.7. The van der Waals surface area contributed by atoms with Gasteiger partial charge in [0.05, 0.1) is 12.5 Å². The summed E-state index contributed by atoms with van der Waals surface area (Å²) in [7, 11) is 0. The molecule has 1 atom stereocenters. The Morgan fingerprint density at radius 2 is 1.80 bits per heavy atom. The molecule has 1 unspecified atom stereocenters. The summed E-state index contributed by atoms with van der Waals surface area (Å²) in [6.45, 7) is 6.53. The molecule has 0 amide bonds. The van der Waals surface area contributed by atoms with Crippen molar-refractivity contribution in [2.45, 2.75) is 38.6 Å². The first-order valence-electron chi connectivity index (χ1n) is 5.18. The smallest absolute Gasteiger partial charge is 0.0641 e. The topological polar surface area (TPSA) is 49.8 Å². The lowest BCUT2D eigenvalue weighted by Gasteiger charge is -2.19. The molecule has 0 radical (unpaired) electrons. The number of nitriles is 1. The zero-order valence-corrected chi connectivity index (χ0v) is 9.62. The second-order valence-corrected chi connectivity index (χ2v) is 4.84. The number of nitrogens with zero attached hydrogens (tertiary/aromatic N) is 1. The van der Waals surface area contributed by atoms with Crippen molar-refractivity contribution in [2.75, 3.05) is 0 Å². The second kappa shape index (κ2) is 4.46. The van der Waals surface area contributed by atoms with Crippen molar-refractivity contribution >= 4 is 0 Å². The van der Waals surface area contributed by atoms with Crippen LogP contribution in [0.3, 0.4) is 0 Å². The third kappa shape index (κ3) is 3.07. The molecule has 0 aromatic heterocycles. The molecule has 2 N–H and O–H groups in total. The fourth-order valence-corrected chi connectivity index (χ4v) is 1.45. The Labute approximate surface area is 91.7 Å². The Kier molecular flexibility index (Phi) is 3.49. The minimum atomic E-state index is -0.163. The van der Waals surface area contributed by atoms with Crippen LogP contribution < -0.4 is 5.73 Å². The lowest BCUT2D eigenvalue weighted by molar-refractivity contribution is 0.589. The number of hydrogen-bond donors (Lipinski definition) is 1. The van der Waals surface area contributed by atoms with Crippen LogP contribution in [0.2, 0.25) is 0 Å². The average Bonchev–Trinajstić information content (AvgIpc) is 2.17. The van der Waals surface area contributed by atoms with E-state index in [1.54, 1.807) is 0 Å². The van der Waals surface area contributed by atoms with Crippen LogP contribution in [0, 0.1) is 11.3 Å². The van der Waals surface area contributed by atoms with Gasteiger partial charge in [0, 0.05) is 6.04 Å². The normalized spacial score (nSPS) is 13.3. The third-order valence-electron chi connectivity index (χ3n) is 2.52. The summed E-state index contributed by atoms with van der Waals surface area (Å²) in [4.78, 5) is 0. The molecule has 1 aromatic carbocycles. The van der Waals surface area contributed by atoms with Gasteiger partial charge in [-0.15, -0.1) is 0 Å². The van der Waals surface area contributed by atoms with Gasteiger partial charge >= 0.3 is 0 Å². The fourth-order valence-electron chi connectivity index (χ4n) is 1.45. The van der Waals surface area contributed by atoms with Crippen molar-refractivity contribution in [3.05, 3.63) is 35.4 Å². The highest BCUT2D eigenvalue weighted by atomic mass is 14.6. The molecule has 0 fully saturated rings. The van der Waals surface area contributed by atoms with E-state index in [0.717, 1.165) is 5.56 Å². The largest absolute Gasteiger partial charge is 0.323 e. The van der Waals surface area contributed by atoms with Gasteiger partial charge in [-0.2, -0.15) is 5.26 Å². The standard InChI is InChI=1S/C13H18N2/c1-13(2,3)11-6-4-10(5-7-11)12(15)8-9-14/h4-7,12H,8,15H2,1-3H3. The van der Waals surface area contributed by atoms with E-state index in [-0.39, 0.29) is 11.5 Å². The molecule has 1 aromatic rings. The lowest BCUT2D eigenvalue weighted by atomic mass is 9.86. The van der Waals surface area contributed by atoms with Gasteiger partial charge in [-0.05, 0) is 16.5 Å². The first-order valence-corrected chi connectivity index (χ1v) is 5.18. The van der Waals surface area contributed by atoms with Crippen molar-refractivity contribution in [3.63, 3.8) is 0 Å². The monoisotopic (exact) mass is 202 g/mol. The predicted octanol–water partition coefficient (Wildman–Crippen LogP) is 2.90. The summed E-state index contributed by atoms with van der Waals surface area (Å²) >= 11 is 0. The molecule has 2 nitrogen and oxygen atoms in total. The number of rotatable bonds is 2. The molecule has 0 saturated carbocycles. The summed E-state index contributed by atoms with van der Waals surface area (Å²) in [5.74, 6) is 0. The molecule has 0 heterocycles. The molecule has 80 valence electrons. The van der Waals surface area contributed by atoms with Gasteiger partial charge < -0.3 is 5.73 Å². The van der Waals surface area contributed by atoms with Crippen LogP contribution in [0.15, 0.2) is 24.3 Å². The van der Waals surface area contributed by atoms with Crippen LogP contribution in [0.25, 0.3) is 0 Å².